The number of β-amino-alcohol motifs (C(OH)–C–C–N with tert-alkyl or cyclic N) is 1. The topological polar surface area (TPSA) is 35.9 Å². The Balaban J connectivity index is 2.19. The van der Waals surface area contributed by atoms with Crippen molar-refractivity contribution in [2.24, 2.45) is 0 Å². The van der Waals surface area contributed by atoms with Crippen molar-refractivity contribution in [1.29, 1.82) is 0 Å². The predicted molar refractivity (Wildman–Crippen MR) is 65.6 cm³/mol. The summed E-state index contributed by atoms with van der Waals surface area (Å²) in [6.45, 7) is 9.57. The smallest absolute Gasteiger partial charge is 0.0900 e. The van der Waals surface area contributed by atoms with Gasteiger partial charge in [-0.3, -0.25) is 4.90 Å². The molecule has 0 spiro atoms. The highest BCUT2D eigenvalue weighted by molar-refractivity contribution is 4.70. The molecule has 0 aromatic heterocycles. The van der Waals surface area contributed by atoms with Crippen LogP contribution in [-0.4, -0.2) is 73.5 Å². The lowest BCUT2D eigenvalue weighted by molar-refractivity contribution is -0.00791. The van der Waals surface area contributed by atoms with Crippen LogP contribution in [-0.2, 0) is 4.74 Å². The van der Waals surface area contributed by atoms with Crippen LogP contribution in [0.15, 0.2) is 0 Å². The third kappa shape index (κ3) is 5.80. The number of aliphatic hydroxyl groups excluding tert-OH is 1. The molecule has 1 rings (SSSR count). The molecule has 1 aliphatic rings. The lowest BCUT2D eigenvalue weighted by atomic mass is 10.3. The third-order valence-electron chi connectivity index (χ3n) is 2.90. The highest BCUT2D eigenvalue weighted by Gasteiger charge is 2.15. The van der Waals surface area contributed by atoms with Crippen molar-refractivity contribution < 1.29 is 9.84 Å². The Bertz CT molecular complexity index is 188. The Kier molecular flexibility index (Phi) is 6.28. The summed E-state index contributed by atoms with van der Waals surface area (Å²) in [4.78, 5) is 4.68. The molecule has 0 aromatic rings. The van der Waals surface area contributed by atoms with Crippen molar-refractivity contribution in [3.63, 3.8) is 0 Å². The van der Waals surface area contributed by atoms with Gasteiger partial charge in [-0.1, -0.05) is 0 Å². The molecule has 0 amide bonds. The number of hydrogen-bond donors (Lipinski definition) is 1. The summed E-state index contributed by atoms with van der Waals surface area (Å²) in [7, 11) is 2.15. The first-order chi connectivity index (χ1) is 7.58. The van der Waals surface area contributed by atoms with E-state index in [0.29, 0.717) is 6.61 Å². The van der Waals surface area contributed by atoms with Gasteiger partial charge in [0.25, 0.3) is 0 Å². The van der Waals surface area contributed by atoms with Gasteiger partial charge in [-0.25, -0.2) is 0 Å². The van der Waals surface area contributed by atoms with E-state index in [-0.39, 0.29) is 12.2 Å². The standard InChI is InChI=1S/C12H26N2O2/c1-11(2)16-10-12(15)9-14-6-4-5-13(3)7-8-14/h11-12,15H,4-10H2,1-3H3/t12-/m1/s1. The molecule has 16 heavy (non-hydrogen) atoms. The molecule has 4 heteroatoms. The first kappa shape index (κ1) is 13.9. The maximum absolute atomic E-state index is 9.83. The second-order valence-corrected chi connectivity index (χ2v) is 4.99. The summed E-state index contributed by atoms with van der Waals surface area (Å²) in [5.41, 5.74) is 0. The molecule has 0 unspecified atom stereocenters. The molecule has 96 valence electrons. The Morgan fingerprint density at radius 1 is 1.19 bits per heavy atom. The molecule has 4 nitrogen and oxygen atoms in total. The van der Waals surface area contributed by atoms with E-state index in [4.69, 9.17) is 4.74 Å². The zero-order valence-corrected chi connectivity index (χ0v) is 10.9. The van der Waals surface area contributed by atoms with Crippen LogP contribution in [0, 0.1) is 0 Å². The van der Waals surface area contributed by atoms with Gasteiger partial charge in [-0.05, 0) is 40.4 Å². The quantitative estimate of drug-likeness (QED) is 0.742. The number of hydrogen-bond acceptors (Lipinski definition) is 4. The summed E-state index contributed by atoms with van der Waals surface area (Å²) in [5.74, 6) is 0. The third-order valence-corrected chi connectivity index (χ3v) is 2.90. The molecule has 1 fully saturated rings. The summed E-state index contributed by atoms with van der Waals surface area (Å²) in [5, 5.41) is 9.83. The molecule has 1 atom stereocenters. The summed E-state index contributed by atoms with van der Waals surface area (Å²) in [6, 6.07) is 0. The van der Waals surface area contributed by atoms with Crippen molar-refractivity contribution >= 4 is 0 Å². The molecule has 1 heterocycles. The van der Waals surface area contributed by atoms with Gasteiger partial charge in [-0.15, -0.1) is 0 Å². The second-order valence-electron chi connectivity index (χ2n) is 4.99. The van der Waals surface area contributed by atoms with Crippen LogP contribution in [0.4, 0.5) is 0 Å². The molecular weight excluding hydrogens is 204 g/mol. The molecule has 0 radical (unpaired) electrons. The largest absolute Gasteiger partial charge is 0.389 e. The zero-order valence-electron chi connectivity index (χ0n) is 10.9. The monoisotopic (exact) mass is 230 g/mol. The predicted octanol–water partition coefficient (Wildman–Crippen LogP) is 0.410. The van der Waals surface area contributed by atoms with Crippen LogP contribution in [0.25, 0.3) is 0 Å². The van der Waals surface area contributed by atoms with Crippen LogP contribution in [0.5, 0.6) is 0 Å². The average Bonchev–Trinajstić information content (AvgIpc) is 2.41. The van der Waals surface area contributed by atoms with Crippen molar-refractivity contribution in [2.45, 2.75) is 32.5 Å². The lowest BCUT2D eigenvalue weighted by Gasteiger charge is -2.23. The van der Waals surface area contributed by atoms with Gasteiger partial charge in [0.05, 0.1) is 18.8 Å². The summed E-state index contributed by atoms with van der Waals surface area (Å²) in [6.07, 6.45) is 1.03. The highest BCUT2D eigenvalue weighted by atomic mass is 16.5. The zero-order chi connectivity index (χ0) is 12.0. The van der Waals surface area contributed by atoms with Crippen molar-refractivity contribution in [3.05, 3.63) is 0 Å². The first-order valence-corrected chi connectivity index (χ1v) is 6.28. The maximum atomic E-state index is 9.83. The molecule has 0 saturated carbocycles. The van der Waals surface area contributed by atoms with Gasteiger partial charge >= 0.3 is 0 Å². The summed E-state index contributed by atoms with van der Waals surface area (Å²) >= 11 is 0. The number of nitrogens with zero attached hydrogens (tertiary/aromatic N) is 2. The van der Waals surface area contributed by atoms with E-state index >= 15 is 0 Å². The Hall–Kier alpha value is -0.160. The van der Waals surface area contributed by atoms with Gasteiger partial charge in [-0.2, -0.15) is 0 Å². The average molecular weight is 230 g/mol. The lowest BCUT2D eigenvalue weighted by Crippen LogP contribution is -2.37. The van der Waals surface area contributed by atoms with E-state index in [0.717, 1.165) is 32.7 Å². The maximum Gasteiger partial charge on any atom is 0.0900 e. The van der Waals surface area contributed by atoms with Gasteiger partial charge in [0.15, 0.2) is 0 Å². The van der Waals surface area contributed by atoms with Crippen molar-refractivity contribution in [2.75, 3.05) is 46.4 Å². The van der Waals surface area contributed by atoms with E-state index in [9.17, 15) is 5.11 Å². The fraction of sp³-hybridized carbons (Fsp3) is 1.00. The Morgan fingerprint density at radius 2 is 1.94 bits per heavy atom. The van der Waals surface area contributed by atoms with E-state index in [1.54, 1.807) is 0 Å². The first-order valence-electron chi connectivity index (χ1n) is 6.28. The van der Waals surface area contributed by atoms with Crippen LogP contribution in [0.1, 0.15) is 20.3 Å². The fourth-order valence-electron chi connectivity index (χ4n) is 1.94. The van der Waals surface area contributed by atoms with Crippen LogP contribution < -0.4 is 0 Å². The Morgan fingerprint density at radius 3 is 2.62 bits per heavy atom. The van der Waals surface area contributed by atoms with Gasteiger partial charge in [0.2, 0.25) is 0 Å². The van der Waals surface area contributed by atoms with Gasteiger partial charge in [0.1, 0.15) is 0 Å². The van der Waals surface area contributed by atoms with Crippen molar-refractivity contribution in [3.8, 4) is 0 Å². The van der Waals surface area contributed by atoms with Gasteiger partial charge < -0.3 is 14.7 Å². The SMILES string of the molecule is CC(C)OC[C@H](O)CN1CCCN(C)CC1. The molecule has 1 saturated heterocycles. The van der Waals surface area contributed by atoms with E-state index < -0.39 is 0 Å². The van der Waals surface area contributed by atoms with Gasteiger partial charge in [0, 0.05) is 19.6 Å². The van der Waals surface area contributed by atoms with Crippen LogP contribution in [0.3, 0.4) is 0 Å². The van der Waals surface area contributed by atoms with Crippen molar-refractivity contribution in [1.82, 2.24) is 9.80 Å². The van der Waals surface area contributed by atoms with Crippen LogP contribution in [0.2, 0.25) is 0 Å². The van der Waals surface area contributed by atoms with E-state index in [2.05, 4.69) is 16.8 Å². The number of aliphatic hydroxyl groups is 1. The minimum Gasteiger partial charge on any atom is -0.389 e. The molecule has 0 bridgehead atoms. The Labute approximate surface area is 99.2 Å². The molecule has 0 aliphatic carbocycles. The minimum absolute atomic E-state index is 0.199. The van der Waals surface area contributed by atoms with E-state index in [1.165, 1.54) is 6.42 Å². The minimum atomic E-state index is -0.356. The normalized spacial score (nSPS) is 22.3. The second kappa shape index (κ2) is 7.22. The molecular formula is C12H26N2O2. The highest BCUT2D eigenvalue weighted by Crippen LogP contribution is 2.03. The molecule has 1 aliphatic heterocycles. The van der Waals surface area contributed by atoms with Crippen LogP contribution >= 0.6 is 0 Å². The number of ether oxygens (including phenoxy) is 1. The fourth-order valence-corrected chi connectivity index (χ4v) is 1.94. The van der Waals surface area contributed by atoms with E-state index in [1.807, 2.05) is 13.8 Å². The summed E-state index contributed by atoms with van der Waals surface area (Å²) < 4.78 is 5.41. The number of likely N-dealkylation sites (N-methyl/N-ethyl adjacent to an activating group) is 1. The molecule has 1 N–H and O–H groups in total. The molecule has 0 aromatic carbocycles. The number of rotatable bonds is 5.